The number of anilines is 2. The largest absolute Gasteiger partial charge is 0.416 e. The van der Waals surface area contributed by atoms with E-state index in [1.165, 1.54) is 35.6 Å². The number of benzene rings is 2. The molecule has 0 radical (unpaired) electrons. The quantitative estimate of drug-likeness (QED) is 0.194. The van der Waals surface area contributed by atoms with Gasteiger partial charge < -0.3 is 16.0 Å². The van der Waals surface area contributed by atoms with Crippen LogP contribution in [0.3, 0.4) is 0 Å². The molecule has 3 aromatic rings. The third-order valence-electron chi connectivity index (χ3n) is 7.92. The number of amides is 1. The Morgan fingerprint density at radius 1 is 1.20 bits per heavy atom. The summed E-state index contributed by atoms with van der Waals surface area (Å²) < 4.78 is 71.7. The molecule has 5 unspecified atom stereocenters. The van der Waals surface area contributed by atoms with Gasteiger partial charge in [0.05, 0.1) is 43.0 Å². The van der Waals surface area contributed by atoms with E-state index < -0.39 is 45.4 Å². The van der Waals surface area contributed by atoms with Crippen LogP contribution in [0.2, 0.25) is 5.02 Å². The van der Waals surface area contributed by atoms with Gasteiger partial charge in [-0.3, -0.25) is 9.52 Å². The second kappa shape index (κ2) is 13.3. The number of rotatable bonds is 9. The molecule has 0 saturated heterocycles. The first-order valence-electron chi connectivity index (χ1n) is 13.9. The molecule has 0 aliphatic heterocycles. The Kier molecular flexibility index (Phi) is 10.1. The highest BCUT2D eigenvalue weighted by Gasteiger charge is 2.38. The van der Waals surface area contributed by atoms with E-state index in [0.29, 0.717) is 24.8 Å². The average Bonchev–Trinajstić information content (AvgIpc) is 2.97. The number of nitrogens with two attached hydrogens (primary N) is 1. The molecule has 1 aliphatic rings. The van der Waals surface area contributed by atoms with Crippen LogP contribution in [0, 0.1) is 11.7 Å². The Balaban J connectivity index is 1.63. The molecule has 44 heavy (non-hydrogen) atoms. The number of carbonyl (C=O) groups is 1. The molecule has 8 nitrogen and oxygen atoms in total. The Labute approximate surface area is 259 Å². The normalized spacial score (nSPS) is 20.9. The molecule has 1 aliphatic carbocycles. The van der Waals surface area contributed by atoms with E-state index in [9.17, 15) is 22.2 Å². The maximum absolute atomic E-state index is 15.4. The summed E-state index contributed by atoms with van der Waals surface area (Å²) in [5.41, 5.74) is 6.16. The molecule has 1 saturated carbocycles. The van der Waals surface area contributed by atoms with Crippen LogP contribution < -0.4 is 15.8 Å². The number of aromatic nitrogens is 2. The van der Waals surface area contributed by atoms with Crippen molar-refractivity contribution in [2.45, 2.75) is 68.2 Å². The van der Waals surface area contributed by atoms with Crippen LogP contribution in [0.1, 0.15) is 50.2 Å². The van der Waals surface area contributed by atoms with Crippen molar-refractivity contribution in [2.75, 3.05) is 17.1 Å². The van der Waals surface area contributed by atoms with Gasteiger partial charge in [0, 0.05) is 19.3 Å². The van der Waals surface area contributed by atoms with E-state index in [-0.39, 0.29) is 39.2 Å². The van der Waals surface area contributed by atoms with Crippen LogP contribution >= 0.6 is 11.6 Å². The van der Waals surface area contributed by atoms with Gasteiger partial charge >= 0.3 is 6.18 Å². The first kappa shape index (κ1) is 33.5. The molecule has 0 bridgehead atoms. The van der Waals surface area contributed by atoms with Crippen LogP contribution in [-0.2, 0) is 20.7 Å². The van der Waals surface area contributed by atoms with Crippen molar-refractivity contribution in [2.24, 2.45) is 11.7 Å². The zero-order chi connectivity index (χ0) is 32.4. The maximum atomic E-state index is 15.4. The van der Waals surface area contributed by atoms with Gasteiger partial charge in [0.1, 0.15) is 18.0 Å². The van der Waals surface area contributed by atoms with Crippen LogP contribution in [0.15, 0.2) is 59.9 Å². The van der Waals surface area contributed by atoms with Crippen molar-refractivity contribution in [1.29, 1.82) is 0 Å². The number of hydrogen-bond acceptors (Lipinski definition) is 6. The molecule has 238 valence electrons. The fraction of sp³-hybridized carbons (Fsp3) is 0.400. The summed E-state index contributed by atoms with van der Waals surface area (Å²) in [4.78, 5) is 22.3. The van der Waals surface area contributed by atoms with Gasteiger partial charge in [-0.15, -0.1) is 0 Å². The standard InChI is InChI=1S/C30H35ClF4N6O2S/c1-17(2)28(36)29(42)41(3)25-13-19(18-6-5-7-20(12-18)30(33,34)35)8-9-23(25)39-24-15-22(32)26(14-21(24)31)44(4,43)40-27-10-11-37-16-38-27/h5-7,10-12,14-17,19,23,25,28,39H,4,8-9,13,36H2,1-3H3,(H,37,38,40,43). The lowest BCUT2D eigenvalue weighted by atomic mass is 9.77. The lowest BCUT2D eigenvalue weighted by Gasteiger charge is -2.43. The molecule has 4 rings (SSSR count). The molecule has 5 atom stereocenters. The molecule has 4 N–H and O–H groups in total. The molecule has 0 spiro atoms. The second-order valence-corrected chi connectivity index (χ2v) is 13.7. The molecule has 1 fully saturated rings. The van der Waals surface area contributed by atoms with Crippen molar-refractivity contribution in [3.63, 3.8) is 0 Å². The smallest absolute Gasteiger partial charge is 0.379 e. The summed E-state index contributed by atoms with van der Waals surface area (Å²) in [5.74, 6) is 2.25. The third kappa shape index (κ3) is 7.62. The minimum atomic E-state index is -4.49. The molecule has 14 heteroatoms. The minimum absolute atomic E-state index is 0.0638. The minimum Gasteiger partial charge on any atom is -0.379 e. The SMILES string of the molecule is C=S(=O)(Nc1ccncn1)c1cc(Cl)c(NC2CCC(c3cccc(C(F)(F)F)c3)CC2N(C)C(=O)C(N)C(C)C)cc1F. The summed E-state index contributed by atoms with van der Waals surface area (Å²) in [6.07, 6.45) is -0.556. The lowest BCUT2D eigenvalue weighted by Crippen LogP contribution is -2.55. The summed E-state index contributed by atoms with van der Waals surface area (Å²) >= 11 is 6.55. The lowest BCUT2D eigenvalue weighted by molar-refractivity contribution is -0.137. The predicted octanol–water partition coefficient (Wildman–Crippen LogP) is 5.95. The first-order chi connectivity index (χ1) is 20.6. The molecule has 1 amide bonds. The van der Waals surface area contributed by atoms with E-state index in [1.54, 1.807) is 13.1 Å². The average molecular weight is 655 g/mol. The van der Waals surface area contributed by atoms with Crippen molar-refractivity contribution < 1.29 is 26.6 Å². The van der Waals surface area contributed by atoms with Gasteiger partial charge in [0.15, 0.2) is 0 Å². The summed E-state index contributed by atoms with van der Waals surface area (Å²) in [6, 6.07) is 7.24. The van der Waals surface area contributed by atoms with Gasteiger partial charge in [0.2, 0.25) is 5.91 Å². The highest BCUT2D eigenvalue weighted by Crippen LogP contribution is 2.40. The highest BCUT2D eigenvalue weighted by molar-refractivity contribution is 8.01. The highest BCUT2D eigenvalue weighted by atomic mass is 35.5. The van der Waals surface area contributed by atoms with E-state index >= 15 is 4.39 Å². The van der Waals surface area contributed by atoms with E-state index in [1.807, 2.05) is 13.8 Å². The number of alkyl halides is 3. The number of likely N-dealkylation sites (N-methyl/N-ethyl adjacent to an activating group) is 1. The predicted molar refractivity (Wildman–Crippen MR) is 165 cm³/mol. The topological polar surface area (TPSA) is 113 Å². The summed E-state index contributed by atoms with van der Waals surface area (Å²) in [5, 5.41) is 3.30. The molecule has 1 heterocycles. The van der Waals surface area contributed by atoms with E-state index in [2.05, 4.69) is 25.9 Å². The number of nitrogens with zero attached hydrogens (tertiary/aromatic N) is 3. The fourth-order valence-electron chi connectivity index (χ4n) is 5.37. The molecule has 1 aromatic heterocycles. The van der Waals surface area contributed by atoms with Crippen LogP contribution in [-0.4, -0.2) is 56.0 Å². The first-order valence-corrected chi connectivity index (χ1v) is 16.0. The van der Waals surface area contributed by atoms with Gasteiger partial charge in [-0.25, -0.2) is 18.6 Å². The molecular formula is C30H35ClF4N6O2S. The Morgan fingerprint density at radius 3 is 2.57 bits per heavy atom. The van der Waals surface area contributed by atoms with Crippen LogP contribution in [0.5, 0.6) is 0 Å². The Morgan fingerprint density at radius 2 is 1.93 bits per heavy atom. The van der Waals surface area contributed by atoms with Gasteiger partial charge in [0.25, 0.3) is 0 Å². The van der Waals surface area contributed by atoms with Crippen molar-refractivity contribution in [3.8, 4) is 0 Å². The second-order valence-electron chi connectivity index (χ2n) is 11.3. The van der Waals surface area contributed by atoms with Gasteiger partial charge in [-0.2, -0.15) is 13.2 Å². The number of hydrogen-bond donors (Lipinski definition) is 3. The van der Waals surface area contributed by atoms with Crippen molar-refractivity contribution in [1.82, 2.24) is 14.9 Å². The molecular weight excluding hydrogens is 620 g/mol. The van der Waals surface area contributed by atoms with Crippen LogP contribution in [0.4, 0.5) is 29.1 Å². The maximum Gasteiger partial charge on any atom is 0.416 e. The van der Waals surface area contributed by atoms with Crippen molar-refractivity contribution >= 4 is 44.6 Å². The zero-order valence-corrected chi connectivity index (χ0v) is 26.0. The number of halogens is 5. The van der Waals surface area contributed by atoms with Gasteiger partial charge in [-0.05, 0) is 66.8 Å². The Bertz CT molecular complexity index is 1590. The number of carbonyl (C=O) groups excluding carboxylic acids is 1. The summed E-state index contributed by atoms with van der Waals surface area (Å²) in [6.45, 7) is 3.64. The summed E-state index contributed by atoms with van der Waals surface area (Å²) in [7, 11) is -1.78. The molecule has 2 aromatic carbocycles. The fourth-order valence-corrected chi connectivity index (χ4v) is 6.90. The monoisotopic (exact) mass is 654 g/mol. The van der Waals surface area contributed by atoms with Crippen LogP contribution in [0.25, 0.3) is 0 Å². The number of nitrogens with one attached hydrogen (secondary N) is 2. The van der Waals surface area contributed by atoms with E-state index in [4.69, 9.17) is 17.3 Å². The van der Waals surface area contributed by atoms with E-state index in [0.717, 1.165) is 18.2 Å². The Hall–Kier alpha value is -3.42. The van der Waals surface area contributed by atoms with Crippen molar-refractivity contribution in [3.05, 3.63) is 77.0 Å². The third-order valence-corrected chi connectivity index (χ3v) is 9.79. The zero-order valence-electron chi connectivity index (χ0n) is 24.4. The van der Waals surface area contributed by atoms with Gasteiger partial charge in [-0.1, -0.05) is 43.6 Å².